The first kappa shape index (κ1) is 11.6. The predicted octanol–water partition coefficient (Wildman–Crippen LogP) is 3.19. The molecule has 0 saturated heterocycles. The Morgan fingerprint density at radius 2 is 1.95 bits per heavy atom. The van der Waals surface area contributed by atoms with Gasteiger partial charge < -0.3 is 5.73 Å². The standard InChI is InChI=1S/C14H11F2N3/c1-8-5-6-11-10(7-8)18-14(17)19(11)12-4-2-3-9(15)13(12)16/h2-7H,1H3,(H2,17,18). The van der Waals surface area contributed by atoms with Gasteiger partial charge in [-0.2, -0.15) is 0 Å². The SMILES string of the molecule is Cc1ccc2c(c1)nc(N)n2-c1cccc(F)c1F. The van der Waals surface area contributed by atoms with Crippen molar-refractivity contribution in [1.82, 2.24) is 9.55 Å². The van der Waals surface area contributed by atoms with Crippen molar-refractivity contribution in [3.05, 3.63) is 53.6 Å². The van der Waals surface area contributed by atoms with Crippen molar-refractivity contribution in [3.63, 3.8) is 0 Å². The number of imidazole rings is 1. The van der Waals surface area contributed by atoms with E-state index >= 15 is 0 Å². The highest BCUT2D eigenvalue weighted by Crippen LogP contribution is 2.26. The van der Waals surface area contributed by atoms with Crippen LogP contribution in [0.1, 0.15) is 5.56 Å². The van der Waals surface area contributed by atoms with Crippen molar-refractivity contribution in [2.24, 2.45) is 0 Å². The highest BCUT2D eigenvalue weighted by atomic mass is 19.2. The molecule has 0 radical (unpaired) electrons. The third kappa shape index (κ3) is 1.74. The number of nitrogens with two attached hydrogens (primary N) is 1. The molecule has 96 valence electrons. The number of nitrogen functional groups attached to an aromatic ring is 1. The molecule has 0 fully saturated rings. The van der Waals surface area contributed by atoms with Gasteiger partial charge in [0, 0.05) is 0 Å². The normalized spacial score (nSPS) is 11.1. The number of halogens is 2. The number of anilines is 1. The molecule has 0 atom stereocenters. The fraction of sp³-hybridized carbons (Fsp3) is 0.0714. The summed E-state index contributed by atoms with van der Waals surface area (Å²) in [5.74, 6) is -1.72. The Morgan fingerprint density at radius 3 is 2.74 bits per heavy atom. The number of hydrogen-bond acceptors (Lipinski definition) is 2. The Kier molecular flexibility index (Phi) is 2.48. The van der Waals surface area contributed by atoms with E-state index < -0.39 is 11.6 Å². The first-order valence-electron chi connectivity index (χ1n) is 5.77. The second-order valence-corrected chi connectivity index (χ2v) is 4.37. The van der Waals surface area contributed by atoms with Gasteiger partial charge in [-0.3, -0.25) is 4.57 Å². The zero-order valence-corrected chi connectivity index (χ0v) is 10.2. The minimum atomic E-state index is -0.936. The molecule has 0 unspecified atom stereocenters. The lowest BCUT2D eigenvalue weighted by Gasteiger charge is -2.08. The Labute approximate surface area is 108 Å². The number of hydrogen-bond donors (Lipinski definition) is 1. The number of benzene rings is 2. The molecule has 2 aromatic carbocycles. The van der Waals surface area contributed by atoms with E-state index in [0.29, 0.717) is 11.0 Å². The average Bonchev–Trinajstić information content (AvgIpc) is 2.68. The largest absolute Gasteiger partial charge is 0.369 e. The van der Waals surface area contributed by atoms with Crippen LogP contribution in [0.15, 0.2) is 36.4 Å². The van der Waals surface area contributed by atoms with Crippen LogP contribution in [-0.2, 0) is 0 Å². The van der Waals surface area contributed by atoms with E-state index in [1.165, 1.54) is 16.7 Å². The molecule has 0 spiro atoms. The highest BCUT2D eigenvalue weighted by Gasteiger charge is 2.15. The lowest BCUT2D eigenvalue weighted by molar-refractivity contribution is 0.505. The van der Waals surface area contributed by atoms with Crippen LogP contribution in [0.4, 0.5) is 14.7 Å². The maximum Gasteiger partial charge on any atom is 0.206 e. The molecule has 0 aliphatic carbocycles. The maximum absolute atomic E-state index is 13.9. The molecule has 1 heterocycles. The van der Waals surface area contributed by atoms with Crippen molar-refractivity contribution in [1.29, 1.82) is 0 Å². The van der Waals surface area contributed by atoms with Gasteiger partial charge in [-0.25, -0.2) is 13.8 Å². The van der Waals surface area contributed by atoms with Gasteiger partial charge in [0.25, 0.3) is 0 Å². The van der Waals surface area contributed by atoms with Crippen LogP contribution in [0.5, 0.6) is 0 Å². The molecule has 19 heavy (non-hydrogen) atoms. The summed E-state index contributed by atoms with van der Waals surface area (Å²) in [6, 6.07) is 9.48. The Bertz CT molecular complexity index is 778. The van der Waals surface area contributed by atoms with Crippen LogP contribution in [0.25, 0.3) is 16.7 Å². The molecule has 2 N–H and O–H groups in total. The average molecular weight is 259 g/mol. The lowest BCUT2D eigenvalue weighted by Crippen LogP contribution is -2.04. The summed E-state index contributed by atoms with van der Waals surface area (Å²) in [6.07, 6.45) is 0. The molecule has 0 saturated carbocycles. The first-order chi connectivity index (χ1) is 9.08. The number of aryl methyl sites for hydroxylation is 1. The minimum Gasteiger partial charge on any atom is -0.369 e. The molecule has 0 amide bonds. The summed E-state index contributed by atoms with van der Waals surface area (Å²) in [7, 11) is 0. The first-order valence-corrected chi connectivity index (χ1v) is 5.77. The van der Waals surface area contributed by atoms with E-state index in [2.05, 4.69) is 4.98 Å². The van der Waals surface area contributed by atoms with Gasteiger partial charge >= 0.3 is 0 Å². The van der Waals surface area contributed by atoms with Gasteiger partial charge in [0.1, 0.15) is 0 Å². The zero-order valence-electron chi connectivity index (χ0n) is 10.2. The molecule has 5 heteroatoms. The minimum absolute atomic E-state index is 0.0591. The van der Waals surface area contributed by atoms with Gasteiger partial charge in [-0.1, -0.05) is 12.1 Å². The molecule has 3 nitrogen and oxygen atoms in total. The quantitative estimate of drug-likeness (QED) is 0.729. The second kappa shape index (κ2) is 4.05. The monoisotopic (exact) mass is 259 g/mol. The summed E-state index contributed by atoms with van der Waals surface area (Å²) in [4.78, 5) is 4.17. The molecular weight excluding hydrogens is 248 g/mol. The molecule has 3 aromatic rings. The van der Waals surface area contributed by atoms with Crippen molar-refractivity contribution < 1.29 is 8.78 Å². The predicted molar refractivity (Wildman–Crippen MR) is 70.1 cm³/mol. The number of fused-ring (bicyclic) bond motifs is 1. The topological polar surface area (TPSA) is 43.8 Å². The van der Waals surface area contributed by atoms with E-state index in [0.717, 1.165) is 11.6 Å². The summed E-state index contributed by atoms with van der Waals surface area (Å²) >= 11 is 0. The molecule has 0 aliphatic rings. The van der Waals surface area contributed by atoms with E-state index in [4.69, 9.17) is 5.73 Å². The van der Waals surface area contributed by atoms with E-state index in [1.807, 2.05) is 19.1 Å². The summed E-state index contributed by atoms with van der Waals surface area (Å²) in [5, 5.41) is 0. The second-order valence-electron chi connectivity index (χ2n) is 4.37. The van der Waals surface area contributed by atoms with Crippen molar-refractivity contribution in [2.75, 3.05) is 5.73 Å². The number of nitrogens with zero attached hydrogens (tertiary/aromatic N) is 2. The molecule has 3 rings (SSSR count). The molecular formula is C14H11F2N3. The van der Waals surface area contributed by atoms with Crippen LogP contribution < -0.4 is 5.73 Å². The van der Waals surface area contributed by atoms with Crippen molar-refractivity contribution in [2.45, 2.75) is 6.92 Å². The van der Waals surface area contributed by atoms with Gasteiger partial charge in [-0.15, -0.1) is 0 Å². The van der Waals surface area contributed by atoms with Crippen molar-refractivity contribution >= 4 is 17.0 Å². The third-order valence-corrected chi connectivity index (χ3v) is 3.01. The van der Waals surface area contributed by atoms with Crippen LogP contribution >= 0.6 is 0 Å². The molecule has 1 aromatic heterocycles. The maximum atomic E-state index is 13.9. The Morgan fingerprint density at radius 1 is 1.16 bits per heavy atom. The van der Waals surface area contributed by atoms with Crippen LogP contribution in [0.2, 0.25) is 0 Å². The number of rotatable bonds is 1. The van der Waals surface area contributed by atoms with Crippen LogP contribution in [-0.4, -0.2) is 9.55 Å². The van der Waals surface area contributed by atoms with E-state index in [1.54, 1.807) is 6.07 Å². The zero-order chi connectivity index (χ0) is 13.6. The van der Waals surface area contributed by atoms with Gasteiger partial charge in [0.2, 0.25) is 5.95 Å². The van der Waals surface area contributed by atoms with Gasteiger partial charge in [0.05, 0.1) is 16.7 Å². The van der Waals surface area contributed by atoms with E-state index in [9.17, 15) is 8.78 Å². The van der Waals surface area contributed by atoms with Crippen molar-refractivity contribution in [3.8, 4) is 5.69 Å². The Hall–Kier alpha value is -2.43. The van der Waals surface area contributed by atoms with Gasteiger partial charge in [-0.05, 0) is 36.8 Å². The smallest absolute Gasteiger partial charge is 0.206 e. The molecule has 0 bridgehead atoms. The lowest BCUT2D eigenvalue weighted by atomic mass is 10.2. The summed E-state index contributed by atoms with van der Waals surface area (Å²) in [5.41, 5.74) is 8.20. The summed E-state index contributed by atoms with van der Waals surface area (Å²) in [6.45, 7) is 1.93. The molecule has 0 aliphatic heterocycles. The third-order valence-electron chi connectivity index (χ3n) is 3.01. The highest BCUT2D eigenvalue weighted by molar-refractivity contribution is 5.81. The number of aromatic nitrogens is 2. The summed E-state index contributed by atoms with van der Waals surface area (Å²) < 4.78 is 28.6. The van der Waals surface area contributed by atoms with Gasteiger partial charge in [0.15, 0.2) is 11.6 Å². The van der Waals surface area contributed by atoms with Crippen LogP contribution in [0, 0.1) is 18.6 Å². The Balaban J connectivity index is 2.36. The van der Waals surface area contributed by atoms with Crippen LogP contribution in [0.3, 0.4) is 0 Å². The fourth-order valence-electron chi connectivity index (χ4n) is 2.13. The van der Waals surface area contributed by atoms with E-state index in [-0.39, 0.29) is 11.6 Å². The fourth-order valence-corrected chi connectivity index (χ4v) is 2.13.